The Hall–Kier alpha value is -1.94. The van der Waals surface area contributed by atoms with Crippen molar-refractivity contribution in [3.8, 4) is 0 Å². The van der Waals surface area contributed by atoms with Crippen molar-refractivity contribution in [1.82, 2.24) is 25.5 Å². The Morgan fingerprint density at radius 2 is 1.71 bits per heavy atom. The van der Waals surface area contributed by atoms with Crippen LogP contribution in [0.1, 0.15) is 11.1 Å². The zero-order chi connectivity index (χ0) is 18.9. The maximum Gasteiger partial charge on any atom is 0.225 e. The number of piperazine rings is 1. The van der Waals surface area contributed by atoms with Crippen molar-refractivity contribution in [2.24, 2.45) is 4.99 Å². The quantitative estimate of drug-likeness (QED) is 0.363. The maximum absolute atomic E-state index is 4.33. The Balaban J connectivity index is 0.00000280. The van der Waals surface area contributed by atoms with Gasteiger partial charge >= 0.3 is 0 Å². The minimum atomic E-state index is 0. The van der Waals surface area contributed by atoms with Crippen LogP contribution < -0.4 is 15.5 Å². The van der Waals surface area contributed by atoms with Gasteiger partial charge in [-0.05, 0) is 18.6 Å². The molecule has 0 spiro atoms. The summed E-state index contributed by atoms with van der Waals surface area (Å²) in [5, 5.41) is 6.77. The molecule has 0 radical (unpaired) electrons. The fraction of sp³-hybridized carbons (Fsp3) is 0.450. The summed E-state index contributed by atoms with van der Waals surface area (Å²) in [5.74, 6) is 1.67. The monoisotopic (exact) mass is 495 g/mol. The SMILES string of the molecule is CN=C(NCCN1CCN(c2ncccn2)CC1)NCc1ccc(C)cc1.I. The highest BCUT2D eigenvalue weighted by Crippen LogP contribution is 2.09. The molecule has 1 aliphatic rings. The van der Waals surface area contributed by atoms with Crippen LogP contribution in [0, 0.1) is 6.92 Å². The molecular weight excluding hydrogens is 465 g/mol. The molecule has 8 heteroatoms. The van der Waals surface area contributed by atoms with Crippen LogP contribution in [-0.4, -0.2) is 67.1 Å². The first-order valence-electron chi connectivity index (χ1n) is 9.49. The molecule has 1 fully saturated rings. The summed E-state index contributed by atoms with van der Waals surface area (Å²) in [5.41, 5.74) is 2.53. The van der Waals surface area contributed by atoms with Crippen LogP contribution in [0.25, 0.3) is 0 Å². The summed E-state index contributed by atoms with van der Waals surface area (Å²) in [7, 11) is 1.81. The van der Waals surface area contributed by atoms with Gasteiger partial charge in [0.15, 0.2) is 5.96 Å². The molecule has 0 amide bonds. The molecule has 0 bridgehead atoms. The van der Waals surface area contributed by atoms with E-state index in [0.717, 1.165) is 57.7 Å². The zero-order valence-corrected chi connectivity index (χ0v) is 19.0. The molecule has 0 atom stereocenters. The molecule has 3 rings (SSSR count). The lowest BCUT2D eigenvalue weighted by molar-refractivity contribution is 0.260. The van der Waals surface area contributed by atoms with Crippen LogP contribution in [-0.2, 0) is 6.54 Å². The number of aryl methyl sites for hydroxylation is 1. The average molecular weight is 495 g/mol. The molecule has 1 saturated heterocycles. The minimum Gasteiger partial charge on any atom is -0.355 e. The molecule has 2 aromatic rings. The fourth-order valence-corrected chi connectivity index (χ4v) is 3.07. The van der Waals surface area contributed by atoms with Crippen molar-refractivity contribution >= 4 is 35.9 Å². The predicted octanol–water partition coefficient (Wildman–Crippen LogP) is 1.89. The highest BCUT2D eigenvalue weighted by molar-refractivity contribution is 14.0. The van der Waals surface area contributed by atoms with E-state index in [1.54, 1.807) is 12.4 Å². The molecule has 1 aliphatic heterocycles. The molecule has 0 saturated carbocycles. The Kier molecular flexibility index (Phi) is 9.42. The van der Waals surface area contributed by atoms with Gasteiger partial charge in [-0.15, -0.1) is 24.0 Å². The molecule has 2 N–H and O–H groups in total. The van der Waals surface area contributed by atoms with Gasteiger partial charge in [0, 0.05) is 65.3 Å². The highest BCUT2D eigenvalue weighted by Gasteiger charge is 2.18. The fourth-order valence-electron chi connectivity index (χ4n) is 3.07. The number of hydrogen-bond donors (Lipinski definition) is 2. The average Bonchev–Trinajstić information content (AvgIpc) is 2.73. The maximum atomic E-state index is 4.33. The van der Waals surface area contributed by atoms with Gasteiger partial charge in [-0.1, -0.05) is 29.8 Å². The van der Waals surface area contributed by atoms with Crippen LogP contribution in [0.4, 0.5) is 5.95 Å². The van der Waals surface area contributed by atoms with Crippen LogP contribution >= 0.6 is 24.0 Å². The molecule has 1 aromatic heterocycles. The smallest absolute Gasteiger partial charge is 0.225 e. The van der Waals surface area contributed by atoms with Gasteiger partial charge in [0.2, 0.25) is 5.95 Å². The number of anilines is 1. The molecular formula is C20H30IN7. The number of rotatable bonds is 6. The topological polar surface area (TPSA) is 68.7 Å². The van der Waals surface area contributed by atoms with E-state index >= 15 is 0 Å². The Bertz CT molecular complexity index is 713. The van der Waals surface area contributed by atoms with Gasteiger partial charge < -0.3 is 15.5 Å². The molecule has 7 nitrogen and oxygen atoms in total. The Morgan fingerprint density at radius 3 is 2.36 bits per heavy atom. The number of nitrogens with one attached hydrogen (secondary N) is 2. The van der Waals surface area contributed by atoms with E-state index in [-0.39, 0.29) is 24.0 Å². The zero-order valence-electron chi connectivity index (χ0n) is 16.6. The number of aromatic nitrogens is 2. The Labute approximate surface area is 184 Å². The van der Waals surface area contributed by atoms with E-state index in [2.05, 4.69) is 66.6 Å². The first-order valence-corrected chi connectivity index (χ1v) is 9.49. The number of hydrogen-bond acceptors (Lipinski definition) is 5. The first kappa shape index (κ1) is 22.4. The minimum absolute atomic E-state index is 0. The van der Waals surface area contributed by atoms with Crippen molar-refractivity contribution in [2.45, 2.75) is 13.5 Å². The predicted molar refractivity (Wildman–Crippen MR) is 125 cm³/mol. The van der Waals surface area contributed by atoms with Gasteiger partial charge in [-0.2, -0.15) is 0 Å². The summed E-state index contributed by atoms with van der Waals surface area (Å²) in [4.78, 5) is 17.7. The molecule has 28 heavy (non-hydrogen) atoms. The number of benzene rings is 1. The van der Waals surface area contributed by atoms with Crippen LogP contribution in [0.3, 0.4) is 0 Å². The lowest BCUT2D eigenvalue weighted by Crippen LogP contribution is -2.49. The van der Waals surface area contributed by atoms with Gasteiger partial charge in [0.25, 0.3) is 0 Å². The number of guanidine groups is 1. The van der Waals surface area contributed by atoms with Crippen LogP contribution in [0.2, 0.25) is 0 Å². The molecule has 152 valence electrons. The lowest BCUT2D eigenvalue weighted by atomic mass is 10.1. The summed E-state index contributed by atoms with van der Waals surface area (Å²) in [6, 6.07) is 10.4. The lowest BCUT2D eigenvalue weighted by Gasteiger charge is -2.34. The van der Waals surface area contributed by atoms with Gasteiger partial charge in [0.05, 0.1) is 0 Å². The largest absolute Gasteiger partial charge is 0.355 e. The Morgan fingerprint density at radius 1 is 1.04 bits per heavy atom. The summed E-state index contributed by atoms with van der Waals surface area (Å²) in [6.07, 6.45) is 3.60. The second kappa shape index (κ2) is 11.8. The highest BCUT2D eigenvalue weighted by atomic mass is 127. The van der Waals surface area contributed by atoms with E-state index in [4.69, 9.17) is 0 Å². The number of aliphatic imine (C=N–C) groups is 1. The molecule has 1 aromatic carbocycles. The molecule has 2 heterocycles. The second-order valence-electron chi connectivity index (χ2n) is 6.72. The van der Waals surface area contributed by atoms with Crippen molar-refractivity contribution in [1.29, 1.82) is 0 Å². The number of nitrogens with zero attached hydrogens (tertiary/aromatic N) is 5. The molecule has 0 unspecified atom stereocenters. The van der Waals surface area contributed by atoms with E-state index < -0.39 is 0 Å². The van der Waals surface area contributed by atoms with Crippen molar-refractivity contribution in [3.05, 3.63) is 53.9 Å². The summed E-state index contributed by atoms with van der Waals surface area (Å²) in [6.45, 7) is 8.71. The van der Waals surface area contributed by atoms with Gasteiger partial charge in [-0.25, -0.2) is 9.97 Å². The van der Waals surface area contributed by atoms with E-state index in [1.165, 1.54) is 11.1 Å². The summed E-state index contributed by atoms with van der Waals surface area (Å²) >= 11 is 0. The third-order valence-corrected chi connectivity index (χ3v) is 4.73. The second-order valence-corrected chi connectivity index (χ2v) is 6.72. The molecule has 0 aliphatic carbocycles. The van der Waals surface area contributed by atoms with E-state index in [9.17, 15) is 0 Å². The van der Waals surface area contributed by atoms with Gasteiger partial charge in [-0.3, -0.25) is 9.89 Å². The van der Waals surface area contributed by atoms with Crippen molar-refractivity contribution < 1.29 is 0 Å². The van der Waals surface area contributed by atoms with Crippen molar-refractivity contribution in [3.63, 3.8) is 0 Å². The standard InChI is InChI=1S/C20H29N7.HI/c1-17-4-6-18(7-5-17)16-25-19(21-2)22-10-11-26-12-14-27(15-13-26)20-23-8-3-9-24-20;/h3-9H,10-16H2,1-2H3,(H2,21,22,25);1H. The third-order valence-electron chi connectivity index (χ3n) is 4.73. The number of halogens is 1. The van der Waals surface area contributed by atoms with E-state index in [1.807, 2.05) is 13.1 Å². The first-order chi connectivity index (χ1) is 13.2. The van der Waals surface area contributed by atoms with Gasteiger partial charge in [0.1, 0.15) is 0 Å². The van der Waals surface area contributed by atoms with Crippen molar-refractivity contribution in [2.75, 3.05) is 51.2 Å². The van der Waals surface area contributed by atoms with E-state index in [0.29, 0.717) is 0 Å². The third kappa shape index (κ3) is 6.90. The van der Waals surface area contributed by atoms with Crippen LogP contribution in [0.5, 0.6) is 0 Å². The summed E-state index contributed by atoms with van der Waals surface area (Å²) < 4.78 is 0. The van der Waals surface area contributed by atoms with Crippen LogP contribution in [0.15, 0.2) is 47.7 Å². The normalized spacial score (nSPS) is 15.1.